The number of aliphatic hydroxyl groups excluding tert-OH is 1. The second-order valence-electron chi connectivity index (χ2n) is 2.26. The molecule has 1 saturated heterocycles. The van der Waals surface area contributed by atoms with Crippen LogP contribution in [0.4, 0.5) is 0 Å². The van der Waals surface area contributed by atoms with Crippen LogP contribution < -0.4 is 0 Å². The third-order valence-corrected chi connectivity index (χ3v) is 1.54. The number of aliphatic hydroxyl groups is 1. The predicted octanol–water partition coefficient (Wildman–Crippen LogP) is -0.719. The van der Waals surface area contributed by atoms with Crippen LogP contribution in [0, 0.1) is 5.21 Å². The number of ether oxygens (including phenoxy) is 1. The van der Waals surface area contributed by atoms with Crippen molar-refractivity contribution < 1.29 is 14.5 Å². The number of hydrogen-bond acceptors (Lipinski definition) is 3. The smallest absolute Gasteiger partial charge is 0.180 e. The van der Waals surface area contributed by atoms with Crippen molar-refractivity contribution >= 4 is 0 Å². The summed E-state index contributed by atoms with van der Waals surface area (Å²) in [4.78, 5) is 0. The second kappa shape index (κ2) is 2.62. The quantitative estimate of drug-likeness (QED) is 0.379. The first-order valence-corrected chi connectivity index (χ1v) is 3.02. The average molecular weight is 133 g/mol. The van der Waals surface area contributed by atoms with Crippen molar-refractivity contribution in [3.63, 3.8) is 0 Å². The maximum atomic E-state index is 11.1. The van der Waals surface area contributed by atoms with Crippen LogP contribution in [0.25, 0.3) is 0 Å². The highest BCUT2D eigenvalue weighted by Crippen LogP contribution is 2.05. The van der Waals surface area contributed by atoms with Crippen molar-refractivity contribution in [3.05, 3.63) is 5.21 Å². The molecule has 0 aromatic carbocycles. The summed E-state index contributed by atoms with van der Waals surface area (Å²) in [5, 5.41) is 19.7. The van der Waals surface area contributed by atoms with Crippen LogP contribution in [0.3, 0.4) is 0 Å². The van der Waals surface area contributed by atoms with Crippen molar-refractivity contribution in [2.45, 2.75) is 0 Å². The molecule has 0 unspecified atom stereocenters. The fraction of sp³-hybridized carbons (Fsp3) is 1.00. The largest absolute Gasteiger partial charge is 0.631 e. The Balaban J connectivity index is 2.37. The SMILES string of the molecule is [O-][N+]1(CO)CCOCC1. The van der Waals surface area contributed by atoms with E-state index < -0.39 is 4.65 Å². The molecule has 0 aliphatic carbocycles. The molecule has 9 heavy (non-hydrogen) atoms. The fourth-order valence-electron chi connectivity index (χ4n) is 0.817. The summed E-state index contributed by atoms with van der Waals surface area (Å²) in [6, 6.07) is 0. The standard InChI is InChI=1S/C5H11NO3/c7-5-6(8)1-3-9-4-2-6/h7H,1-5H2. The highest BCUT2D eigenvalue weighted by atomic mass is 16.6. The van der Waals surface area contributed by atoms with E-state index in [0.717, 1.165) is 0 Å². The molecule has 4 nitrogen and oxygen atoms in total. The minimum absolute atomic E-state index is 0.316. The highest BCUT2D eigenvalue weighted by Gasteiger charge is 2.18. The van der Waals surface area contributed by atoms with Crippen molar-refractivity contribution in [2.75, 3.05) is 33.0 Å². The van der Waals surface area contributed by atoms with Crippen LogP contribution in [0.15, 0.2) is 0 Å². The van der Waals surface area contributed by atoms with Crippen LogP contribution in [0.5, 0.6) is 0 Å². The van der Waals surface area contributed by atoms with Gasteiger partial charge in [-0.2, -0.15) is 0 Å². The Morgan fingerprint density at radius 2 is 2.00 bits per heavy atom. The fourth-order valence-corrected chi connectivity index (χ4v) is 0.817. The molecule has 0 aromatic rings. The highest BCUT2D eigenvalue weighted by molar-refractivity contribution is 4.45. The summed E-state index contributed by atoms with van der Waals surface area (Å²) in [5.74, 6) is 0. The van der Waals surface area contributed by atoms with Crippen molar-refractivity contribution in [1.82, 2.24) is 0 Å². The van der Waals surface area contributed by atoms with E-state index in [1.54, 1.807) is 0 Å². The number of nitrogens with zero attached hydrogens (tertiary/aromatic N) is 1. The van der Waals surface area contributed by atoms with Gasteiger partial charge in [-0.3, -0.25) is 0 Å². The topological polar surface area (TPSA) is 52.5 Å². The first kappa shape index (κ1) is 6.95. The number of hydrogen-bond donors (Lipinski definition) is 1. The molecule has 4 heteroatoms. The molecular weight excluding hydrogens is 122 g/mol. The molecule has 1 heterocycles. The zero-order valence-electron chi connectivity index (χ0n) is 5.25. The van der Waals surface area contributed by atoms with E-state index in [4.69, 9.17) is 9.84 Å². The molecule has 1 aliphatic heterocycles. The maximum absolute atomic E-state index is 11.1. The van der Waals surface area contributed by atoms with E-state index in [1.165, 1.54) is 0 Å². The van der Waals surface area contributed by atoms with Crippen molar-refractivity contribution in [2.24, 2.45) is 0 Å². The molecule has 0 radical (unpaired) electrons. The van der Waals surface area contributed by atoms with Crippen LogP contribution in [-0.2, 0) is 4.74 Å². The molecule has 0 atom stereocenters. The summed E-state index contributed by atoms with van der Waals surface area (Å²) in [7, 11) is 0. The lowest BCUT2D eigenvalue weighted by molar-refractivity contribution is -0.906. The number of morpholine rings is 1. The molecule has 1 aliphatic rings. The van der Waals surface area contributed by atoms with Crippen molar-refractivity contribution in [1.29, 1.82) is 0 Å². The normalized spacial score (nSPS) is 26.0. The zero-order chi connectivity index (χ0) is 6.74. The van der Waals surface area contributed by atoms with Gasteiger partial charge in [-0.05, 0) is 0 Å². The summed E-state index contributed by atoms with van der Waals surface area (Å²) in [6.45, 7) is 1.41. The zero-order valence-corrected chi connectivity index (χ0v) is 5.25. The van der Waals surface area contributed by atoms with Gasteiger partial charge < -0.3 is 19.7 Å². The number of hydroxylamine groups is 3. The minimum atomic E-state index is -0.500. The Kier molecular flexibility index (Phi) is 2.02. The van der Waals surface area contributed by atoms with Gasteiger partial charge in [0.05, 0.1) is 13.2 Å². The van der Waals surface area contributed by atoms with Crippen molar-refractivity contribution in [3.8, 4) is 0 Å². The molecule has 1 rings (SSSR count). The second-order valence-corrected chi connectivity index (χ2v) is 2.26. The Morgan fingerprint density at radius 3 is 2.33 bits per heavy atom. The number of rotatable bonds is 1. The lowest BCUT2D eigenvalue weighted by atomic mass is 10.4. The van der Waals surface area contributed by atoms with E-state index in [9.17, 15) is 5.21 Å². The Bertz CT molecular complexity index is 90.2. The van der Waals surface area contributed by atoms with E-state index in [1.807, 2.05) is 0 Å². The van der Waals surface area contributed by atoms with Gasteiger partial charge in [0.15, 0.2) is 6.73 Å². The van der Waals surface area contributed by atoms with Crippen LogP contribution in [-0.4, -0.2) is 42.8 Å². The predicted molar refractivity (Wildman–Crippen MR) is 31.3 cm³/mol. The molecule has 0 saturated carbocycles. The van der Waals surface area contributed by atoms with E-state index in [0.29, 0.717) is 26.3 Å². The molecule has 0 amide bonds. The van der Waals surface area contributed by atoms with E-state index in [-0.39, 0.29) is 6.73 Å². The lowest BCUT2D eigenvalue weighted by Crippen LogP contribution is -2.50. The maximum Gasteiger partial charge on any atom is 0.180 e. The summed E-state index contributed by atoms with van der Waals surface area (Å²) in [5.41, 5.74) is 0. The van der Waals surface area contributed by atoms with E-state index in [2.05, 4.69) is 0 Å². The molecule has 0 aromatic heterocycles. The molecule has 0 spiro atoms. The van der Waals surface area contributed by atoms with Gasteiger partial charge >= 0.3 is 0 Å². The first-order valence-electron chi connectivity index (χ1n) is 3.02. The van der Waals surface area contributed by atoms with Crippen LogP contribution >= 0.6 is 0 Å². The van der Waals surface area contributed by atoms with Gasteiger partial charge in [-0.1, -0.05) is 0 Å². The molecule has 1 fully saturated rings. The van der Waals surface area contributed by atoms with Crippen LogP contribution in [0.2, 0.25) is 0 Å². The Morgan fingerprint density at radius 1 is 1.44 bits per heavy atom. The van der Waals surface area contributed by atoms with Gasteiger partial charge in [-0.25, -0.2) is 0 Å². The molecule has 54 valence electrons. The average Bonchev–Trinajstić information content (AvgIpc) is 1.90. The van der Waals surface area contributed by atoms with E-state index >= 15 is 0 Å². The lowest BCUT2D eigenvalue weighted by Gasteiger charge is -2.42. The minimum Gasteiger partial charge on any atom is -0.631 e. The van der Waals surface area contributed by atoms with Gasteiger partial charge in [0.25, 0.3) is 0 Å². The molecule has 0 bridgehead atoms. The summed E-state index contributed by atoms with van der Waals surface area (Å²) < 4.78 is 4.44. The summed E-state index contributed by atoms with van der Waals surface area (Å²) >= 11 is 0. The van der Waals surface area contributed by atoms with Gasteiger partial charge in [-0.15, -0.1) is 0 Å². The van der Waals surface area contributed by atoms with Gasteiger partial charge in [0.2, 0.25) is 0 Å². The van der Waals surface area contributed by atoms with Gasteiger partial charge in [0.1, 0.15) is 13.1 Å². The summed E-state index contributed by atoms with van der Waals surface area (Å²) in [6.07, 6.45) is 0. The molecular formula is C5H11NO3. The first-order chi connectivity index (χ1) is 4.27. The Labute approximate surface area is 53.8 Å². The third kappa shape index (κ3) is 1.62. The van der Waals surface area contributed by atoms with Crippen LogP contribution in [0.1, 0.15) is 0 Å². The number of quaternary nitrogens is 1. The Hall–Kier alpha value is -0.160. The molecule has 1 N–H and O–H groups in total. The monoisotopic (exact) mass is 133 g/mol. The third-order valence-electron chi connectivity index (χ3n) is 1.54. The van der Waals surface area contributed by atoms with Gasteiger partial charge in [0, 0.05) is 0 Å².